The van der Waals surface area contributed by atoms with Gasteiger partial charge < -0.3 is 10.1 Å². The fraction of sp³-hybridized carbons (Fsp3) is 0.235. The van der Waals surface area contributed by atoms with Crippen LogP contribution in [0.15, 0.2) is 42.5 Å². The van der Waals surface area contributed by atoms with Gasteiger partial charge in [-0.1, -0.05) is 17.7 Å². The van der Waals surface area contributed by atoms with Crippen molar-refractivity contribution < 1.29 is 4.74 Å². The summed E-state index contributed by atoms with van der Waals surface area (Å²) >= 11 is 6.04. The summed E-state index contributed by atoms with van der Waals surface area (Å²) in [6.07, 6.45) is 1.60. The highest BCUT2D eigenvalue weighted by Crippen LogP contribution is 2.40. The van der Waals surface area contributed by atoms with Gasteiger partial charge in [0, 0.05) is 10.7 Å². The topological polar surface area (TPSA) is 45.0 Å². The number of nitrogens with one attached hydrogen (secondary N) is 1. The largest absolute Gasteiger partial charge is 0.497 e. The van der Waals surface area contributed by atoms with Gasteiger partial charge in [-0.25, -0.2) is 0 Å². The number of fused-ring (bicyclic) bond motifs is 1. The minimum Gasteiger partial charge on any atom is -0.497 e. The highest BCUT2D eigenvalue weighted by atomic mass is 35.5. The number of anilines is 1. The molecule has 3 nitrogen and oxygen atoms in total. The molecule has 106 valence electrons. The van der Waals surface area contributed by atoms with Gasteiger partial charge >= 0.3 is 0 Å². The second kappa shape index (κ2) is 5.31. The third kappa shape index (κ3) is 2.43. The summed E-state index contributed by atoms with van der Waals surface area (Å²) in [5.74, 6) is 0.796. The molecule has 0 radical (unpaired) electrons. The number of methoxy groups -OCH3 is 1. The molecule has 1 aliphatic rings. The third-order valence-electron chi connectivity index (χ3n) is 3.94. The average Bonchev–Trinajstić information content (AvgIpc) is 2.86. The molecule has 1 atom stereocenters. The van der Waals surface area contributed by atoms with Crippen LogP contribution in [0.5, 0.6) is 5.75 Å². The first-order chi connectivity index (χ1) is 10.2. The van der Waals surface area contributed by atoms with E-state index in [-0.39, 0.29) is 0 Å². The van der Waals surface area contributed by atoms with Crippen LogP contribution in [0.3, 0.4) is 0 Å². The minimum absolute atomic E-state index is 0.686. The van der Waals surface area contributed by atoms with Crippen molar-refractivity contribution in [2.24, 2.45) is 0 Å². The summed E-state index contributed by atoms with van der Waals surface area (Å²) in [6.45, 7) is 0. The summed E-state index contributed by atoms with van der Waals surface area (Å²) in [4.78, 5) is 0. The Labute approximate surface area is 129 Å². The normalized spacial score (nSPS) is 19.7. The number of benzene rings is 2. The Morgan fingerprint density at radius 1 is 1.24 bits per heavy atom. The van der Waals surface area contributed by atoms with Crippen molar-refractivity contribution in [3.05, 3.63) is 58.6 Å². The summed E-state index contributed by atoms with van der Waals surface area (Å²) in [5, 5.41) is 13.8. The number of hydrogen-bond acceptors (Lipinski definition) is 3. The zero-order valence-corrected chi connectivity index (χ0v) is 12.4. The van der Waals surface area contributed by atoms with Crippen molar-refractivity contribution in [1.29, 1.82) is 5.26 Å². The van der Waals surface area contributed by atoms with Crippen molar-refractivity contribution in [2.75, 3.05) is 12.4 Å². The van der Waals surface area contributed by atoms with Crippen molar-refractivity contribution in [2.45, 2.75) is 18.4 Å². The Balaban J connectivity index is 1.94. The van der Waals surface area contributed by atoms with Crippen molar-refractivity contribution in [3.63, 3.8) is 0 Å². The number of aryl methyl sites for hydroxylation is 1. The molecule has 2 aromatic carbocycles. The van der Waals surface area contributed by atoms with Gasteiger partial charge in [0.2, 0.25) is 0 Å². The number of nitrogens with zero attached hydrogens (tertiary/aromatic N) is 1. The second-order valence-corrected chi connectivity index (χ2v) is 5.61. The van der Waals surface area contributed by atoms with E-state index in [0.29, 0.717) is 5.02 Å². The maximum atomic E-state index is 9.72. The quantitative estimate of drug-likeness (QED) is 0.927. The fourth-order valence-electron chi connectivity index (χ4n) is 2.84. The SMILES string of the molecule is COc1ccc(NC2(C#N)CCc3cc(Cl)ccc32)cc1. The van der Waals surface area contributed by atoms with E-state index < -0.39 is 5.54 Å². The summed E-state index contributed by atoms with van der Waals surface area (Å²) in [7, 11) is 1.64. The van der Waals surface area contributed by atoms with Gasteiger partial charge in [0.05, 0.1) is 13.2 Å². The molecule has 3 rings (SSSR count). The molecule has 0 aliphatic heterocycles. The molecular weight excluding hydrogens is 284 g/mol. The molecular formula is C17H15ClN2O. The Kier molecular flexibility index (Phi) is 3.48. The zero-order valence-electron chi connectivity index (χ0n) is 11.7. The van der Waals surface area contributed by atoms with E-state index >= 15 is 0 Å². The number of nitriles is 1. The van der Waals surface area contributed by atoms with Crippen LogP contribution < -0.4 is 10.1 Å². The van der Waals surface area contributed by atoms with Crippen LogP contribution in [0, 0.1) is 11.3 Å². The molecule has 21 heavy (non-hydrogen) atoms. The van der Waals surface area contributed by atoms with E-state index in [2.05, 4.69) is 11.4 Å². The Morgan fingerprint density at radius 2 is 2.00 bits per heavy atom. The third-order valence-corrected chi connectivity index (χ3v) is 4.17. The van der Waals surface area contributed by atoms with E-state index in [1.807, 2.05) is 42.5 Å². The molecule has 1 unspecified atom stereocenters. The van der Waals surface area contributed by atoms with Gasteiger partial charge in [-0.05, 0) is 60.4 Å². The standard InChI is InChI=1S/C17H15ClN2O/c1-21-15-5-3-14(4-6-15)20-17(11-19)9-8-12-10-13(18)2-7-16(12)17/h2-7,10,20H,8-9H2,1H3. The highest BCUT2D eigenvalue weighted by Gasteiger charge is 2.39. The lowest BCUT2D eigenvalue weighted by Crippen LogP contribution is -2.31. The van der Waals surface area contributed by atoms with Gasteiger partial charge in [0.25, 0.3) is 0 Å². The molecule has 0 saturated heterocycles. The molecule has 0 heterocycles. The van der Waals surface area contributed by atoms with Crippen LogP contribution in [-0.4, -0.2) is 7.11 Å². The van der Waals surface area contributed by atoms with E-state index in [0.717, 1.165) is 35.4 Å². The van der Waals surface area contributed by atoms with Crippen molar-refractivity contribution in [1.82, 2.24) is 0 Å². The molecule has 1 aliphatic carbocycles. The molecule has 0 bridgehead atoms. The van der Waals surface area contributed by atoms with Crippen LogP contribution in [0.2, 0.25) is 5.02 Å². The molecule has 2 aromatic rings. The first-order valence-electron chi connectivity index (χ1n) is 6.79. The van der Waals surface area contributed by atoms with Crippen LogP contribution in [-0.2, 0) is 12.0 Å². The number of hydrogen-bond donors (Lipinski definition) is 1. The predicted octanol–water partition coefficient (Wildman–Crippen LogP) is 4.13. The molecule has 1 N–H and O–H groups in total. The van der Waals surface area contributed by atoms with Crippen LogP contribution in [0.4, 0.5) is 5.69 Å². The van der Waals surface area contributed by atoms with Crippen LogP contribution in [0.1, 0.15) is 17.5 Å². The van der Waals surface area contributed by atoms with Crippen molar-refractivity contribution in [3.8, 4) is 11.8 Å². The first-order valence-corrected chi connectivity index (χ1v) is 7.17. The minimum atomic E-state index is -0.686. The lowest BCUT2D eigenvalue weighted by molar-refractivity contribution is 0.415. The first kappa shape index (κ1) is 13.8. The molecule has 0 fully saturated rings. The van der Waals surface area contributed by atoms with E-state index in [9.17, 15) is 5.26 Å². The van der Waals surface area contributed by atoms with Gasteiger partial charge in [-0.15, -0.1) is 0 Å². The highest BCUT2D eigenvalue weighted by molar-refractivity contribution is 6.30. The number of ether oxygens (including phenoxy) is 1. The molecule has 0 aromatic heterocycles. The molecule has 0 saturated carbocycles. The van der Waals surface area contributed by atoms with Crippen LogP contribution >= 0.6 is 11.6 Å². The predicted molar refractivity (Wildman–Crippen MR) is 83.7 cm³/mol. The summed E-state index contributed by atoms with van der Waals surface area (Å²) in [6, 6.07) is 15.8. The number of rotatable bonds is 3. The summed E-state index contributed by atoms with van der Waals surface area (Å²) < 4.78 is 5.15. The van der Waals surface area contributed by atoms with Gasteiger partial charge in [-0.2, -0.15) is 5.26 Å². The van der Waals surface area contributed by atoms with Gasteiger partial charge in [0.15, 0.2) is 5.54 Å². The van der Waals surface area contributed by atoms with Gasteiger partial charge in [-0.3, -0.25) is 0 Å². The lowest BCUT2D eigenvalue weighted by atomic mass is 9.93. The maximum Gasteiger partial charge on any atom is 0.151 e. The van der Waals surface area contributed by atoms with Gasteiger partial charge in [0.1, 0.15) is 5.75 Å². The molecule has 0 amide bonds. The molecule has 4 heteroatoms. The Hall–Kier alpha value is -2.18. The average molecular weight is 299 g/mol. The lowest BCUT2D eigenvalue weighted by Gasteiger charge is -2.25. The smallest absolute Gasteiger partial charge is 0.151 e. The zero-order chi connectivity index (χ0) is 14.9. The van der Waals surface area contributed by atoms with Crippen molar-refractivity contribution >= 4 is 17.3 Å². The summed E-state index contributed by atoms with van der Waals surface area (Å²) in [5.41, 5.74) is 2.38. The fourth-order valence-corrected chi connectivity index (χ4v) is 3.03. The molecule has 0 spiro atoms. The van der Waals surface area contributed by atoms with E-state index in [1.165, 1.54) is 0 Å². The van der Waals surface area contributed by atoms with E-state index in [4.69, 9.17) is 16.3 Å². The Morgan fingerprint density at radius 3 is 2.67 bits per heavy atom. The van der Waals surface area contributed by atoms with E-state index in [1.54, 1.807) is 7.11 Å². The monoisotopic (exact) mass is 298 g/mol. The number of halogens is 1. The Bertz CT molecular complexity index is 706. The van der Waals surface area contributed by atoms with Crippen LogP contribution in [0.25, 0.3) is 0 Å². The second-order valence-electron chi connectivity index (χ2n) is 5.17. The maximum absolute atomic E-state index is 9.72.